The van der Waals surface area contributed by atoms with Gasteiger partial charge in [0.1, 0.15) is 0 Å². The summed E-state index contributed by atoms with van der Waals surface area (Å²) in [5.74, 6) is -0.876. The lowest BCUT2D eigenvalue weighted by atomic mass is 10.1. The molecule has 0 amide bonds. The first kappa shape index (κ1) is 15.1. The summed E-state index contributed by atoms with van der Waals surface area (Å²) < 4.78 is 2.14. The maximum Gasteiger partial charge on any atom is 0.335 e. The fraction of sp³-hybridized carbons (Fsp3) is 0.471. The average molecular weight is 301 g/mol. The molecule has 0 saturated carbocycles. The molecule has 0 unspecified atom stereocenters. The van der Waals surface area contributed by atoms with Crippen molar-refractivity contribution >= 4 is 16.9 Å². The standard InChI is InChI=1S/C17H23N3O2/c18-6-10-20-12-14(5-9-19-7-1-2-8-19)15-11-13(17(21)22)3-4-16(15)20/h3-4,11-12H,1-2,5-10,18H2,(H,21,22). The summed E-state index contributed by atoms with van der Waals surface area (Å²) in [5.41, 5.74) is 8.33. The predicted molar refractivity (Wildman–Crippen MR) is 87.3 cm³/mol. The minimum atomic E-state index is -0.876. The Bertz CT molecular complexity index is 672. The summed E-state index contributed by atoms with van der Waals surface area (Å²) in [4.78, 5) is 13.7. The Morgan fingerprint density at radius 2 is 2.00 bits per heavy atom. The molecule has 0 atom stereocenters. The Balaban J connectivity index is 1.91. The van der Waals surface area contributed by atoms with Gasteiger partial charge in [-0.3, -0.25) is 0 Å². The van der Waals surface area contributed by atoms with E-state index in [1.165, 1.54) is 31.5 Å². The highest BCUT2D eigenvalue weighted by Gasteiger charge is 2.15. The van der Waals surface area contributed by atoms with Crippen molar-refractivity contribution in [1.82, 2.24) is 9.47 Å². The normalized spacial score (nSPS) is 15.7. The Kier molecular flexibility index (Phi) is 4.45. The molecule has 5 heteroatoms. The first-order chi connectivity index (χ1) is 10.7. The molecule has 22 heavy (non-hydrogen) atoms. The largest absolute Gasteiger partial charge is 0.478 e. The maximum absolute atomic E-state index is 11.2. The van der Waals surface area contributed by atoms with Crippen molar-refractivity contribution in [1.29, 1.82) is 0 Å². The molecule has 2 aromatic rings. The number of nitrogens with zero attached hydrogens (tertiary/aromatic N) is 2. The van der Waals surface area contributed by atoms with E-state index in [0.717, 1.165) is 30.4 Å². The maximum atomic E-state index is 11.2. The van der Waals surface area contributed by atoms with E-state index < -0.39 is 5.97 Å². The van der Waals surface area contributed by atoms with Crippen LogP contribution >= 0.6 is 0 Å². The molecule has 2 heterocycles. The lowest BCUT2D eigenvalue weighted by Crippen LogP contribution is -2.21. The summed E-state index contributed by atoms with van der Waals surface area (Å²) in [5, 5.41) is 10.3. The van der Waals surface area contributed by atoms with E-state index in [-0.39, 0.29) is 0 Å². The van der Waals surface area contributed by atoms with Crippen LogP contribution in [-0.4, -0.2) is 46.7 Å². The molecule has 1 aliphatic rings. The monoisotopic (exact) mass is 301 g/mol. The van der Waals surface area contributed by atoms with Crippen LogP contribution in [0.25, 0.3) is 10.9 Å². The number of carbonyl (C=O) groups is 1. The Morgan fingerprint density at radius 1 is 1.23 bits per heavy atom. The zero-order chi connectivity index (χ0) is 15.5. The van der Waals surface area contributed by atoms with Crippen molar-refractivity contribution in [2.45, 2.75) is 25.8 Å². The number of aromatic nitrogens is 1. The van der Waals surface area contributed by atoms with Crippen LogP contribution in [-0.2, 0) is 13.0 Å². The van der Waals surface area contributed by atoms with E-state index in [1.54, 1.807) is 12.1 Å². The molecule has 1 aromatic carbocycles. The van der Waals surface area contributed by atoms with Crippen LogP contribution in [0.1, 0.15) is 28.8 Å². The lowest BCUT2D eigenvalue weighted by molar-refractivity contribution is 0.0697. The second kappa shape index (κ2) is 6.50. The fourth-order valence-electron chi connectivity index (χ4n) is 3.31. The molecule has 3 rings (SSSR count). The van der Waals surface area contributed by atoms with Gasteiger partial charge in [0.2, 0.25) is 0 Å². The number of rotatable bonds is 6. The molecular weight excluding hydrogens is 278 g/mol. The van der Waals surface area contributed by atoms with Crippen molar-refractivity contribution in [2.75, 3.05) is 26.2 Å². The molecule has 1 saturated heterocycles. The molecule has 0 aliphatic carbocycles. The van der Waals surface area contributed by atoms with E-state index in [2.05, 4.69) is 15.7 Å². The highest BCUT2D eigenvalue weighted by molar-refractivity contribution is 5.95. The van der Waals surface area contributed by atoms with Gasteiger partial charge < -0.3 is 20.3 Å². The molecule has 118 valence electrons. The molecule has 1 aromatic heterocycles. The van der Waals surface area contributed by atoms with Gasteiger partial charge in [-0.05, 0) is 56.1 Å². The smallest absolute Gasteiger partial charge is 0.335 e. The first-order valence-corrected chi connectivity index (χ1v) is 7.96. The summed E-state index contributed by atoms with van der Waals surface area (Å²) in [6.45, 7) is 4.74. The zero-order valence-electron chi connectivity index (χ0n) is 12.8. The van der Waals surface area contributed by atoms with Gasteiger partial charge in [-0.1, -0.05) is 0 Å². The number of carboxylic acid groups (broad SMARTS) is 1. The van der Waals surface area contributed by atoms with Crippen LogP contribution in [0.4, 0.5) is 0 Å². The molecule has 1 aliphatic heterocycles. The molecule has 1 fully saturated rings. The predicted octanol–water partition coefficient (Wildman–Crippen LogP) is 1.94. The van der Waals surface area contributed by atoms with Gasteiger partial charge in [0.05, 0.1) is 5.56 Å². The van der Waals surface area contributed by atoms with Crippen molar-refractivity contribution in [3.63, 3.8) is 0 Å². The van der Waals surface area contributed by atoms with E-state index in [4.69, 9.17) is 5.73 Å². The first-order valence-electron chi connectivity index (χ1n) is 7.96. The van der Waals surface area contributed by atoms with Crippen LogP contribution < -0.4 is 5.73 Å². The summed E-state index contributed by atoms with van der Waals surface area (Å²) >= 11 is 0. The van der Waals surface area contributed by atoms with Gasteiger partial charge in [0, 0.05) is 36.7 Å². The van der Waals surface area contributed by atoms with Crippen LogP contribution in [0.15, 0.2) is 24.4 Å². The molecule has 0 bridgehead atoms. The van der Waals surface area contributed by atoms with Gasteiger partial charge in [-0.15, -0.1) is 0 Å². The summed E-state index contributed by atoms with van der Waals surface area (Å²) in [6.07, 6.45) is 5.67. The SMILES string of the molecule is NCCn1cc(CCN2CCCC2)c2cc(C(=O)O)ccc21. The van der Waals surface area contributed by atoms with E-state index >= 15 is 0 Å². The summed E-state index contributed by atoms with van der Waals surface area (Å²) in [6, 6.07) is 5.36. The van der Waals surface area contributed by atoms with E-state index in [1.807, 2.05) is 6.07 Å². The number of hydrogen-bond donors (Lipinski definition) is 2. The van der Waals surface area contributed by atoms with Gasteiger partial charge in [-0.25, -0.2) is 4.79 Å². The number of nitrogens with two attached hydrogens (primary N) is 1. The average Bonchev–Trinajstić information content (AvgIpc) is 3.13. The second-order valence-electron chi connectivity index (χ2n) is 5.97. The van der Waals surface area contributed by atoms with Gasteiger partial charge in [0.15, 0.2) is 0 Å². The number of fused-ring (bicyclic) bond motifs is 1. The molecule has 0 radical (unpaired) electrons. The van der Waals surface area contributed by atoms with Crippen LogP contribution in [0.5, 0.6) is 0 Å². The Labute approximate surface area is 130 Å². The van der Waals surface area contributed by atoms with Crippen molar-refractivity contribution in [3.05, 3.63) is 35.5 Å². The molecule has 0 spiro atoms. The van der Waals surface area contributed by atoms with Gasteiger partial charge in [-0.2, -0.15) is 0 Å². The number of benzene rings is 1. The Hall–Kier alpha value is -1.85. The topological polar surface area (TPSA) is 71.5 Å². The lowest BCUT2D eigenvalue weighted by Gasteiger charge is -2.13. The highest BCUT2D eigenvalue weighted by atomic mass is 16.4. The van der Waals surface area contributed by atoms with Crippen molar-refractivity contribution in [3.8, 4) is 0 Å². The third-order valence-electron chi connectivity index (χ3n) is 4.48. The fourth-order valence-corrected chi connectivity index (χ4v) is 3.31. The van der Waals surface area contributed by atoms with Crippen LogP contribution in [0.3, 0.4) is 0 Å². The third kappa shape index (κ3) is 3.00. The highest BCUT2D eigenvalue weighted by Crippen LogP contribution is 2.24. The van der Waals surface area contributed by atoms with E-state index in [0.29, 0.717) is 12.1 Å². The van der Waals surface area contributed by atoms with Crippen molar-refractivity contribution < 1.29 is 9.90 Å². The molecule has 3 N–H and O–H groups in total. The summed E-state index contributed by atoms with van der Waals surface area (Å²) in [7, 11) is 0. The molecular formula is C17H23N3O2. The number of aromatic carboxylic acids is 1. The van der Waals surface area contributed by atoms with Crippen LogP contribution in [0, 0.1) is 0 Å². The van der Waals surface area contributed by atoms with Crippen LogP contribution in [0.2, 0.25) is 0 Å². The van der Waals surface area contributed by atoms with Gasteiger partial charge in [0.25, 0.3) is 0 Å². The number of carboxylic acids is 1. The Morgan fingerprint density at radius 3 is 2.68 bits per heavy atom. The minimum Gasteiger partial charge on any atom is -0.478 e. The number of likely N-dealkylation sites (tertiary alicyclic amines) is 1. The van der Waals surface area contributed by atoms with Gasteiger partial charge >= 0.3 is 5.97 Å². The van der Waals surface area contributed by atoms with Crippen molar-refractivity contribution in [2.24, 2.45) is 5.73 Å². The molecule has 5 nitrogen and oxygen atoms in total. The quantitative estimate of drug-likeness (QED) is 0.855. The van der Waals surface area contributed by atoms with E-state index in [9.17, 15) is 9.90 Å². The third-order valence-corrected chi connectivity index (χ3v) is 4.48. The number of hydrogen-bond acceptors (Lipinski definition) is 3. The zero-order valence-corrected chi connectivity index (χ0v) is 12.8. The minimum absolute atomic E-state index is 0.348. The second-order valence-corrected chi connectivity index (χ2v) is 5.97.